The predicted molar refractivity (Wildman–Crippen MR) is 121 cm³/mol. The number of amides is 4. The molecule has 3 N–H and O–H groups in total. The molecule has 9 heteroatoms. The fraction of sp³-hybridized carbons (Fsp3) is 0.292. The Morgan fingerprint density at radius 1 is 1.12 bits per heavy atom. The van der Waals surface area contributed by atoms with Crippen LogP contribution < -0.4 is 10.8 Å². The average Bonchev–Trinajstić information content (AvgIpc) is 3.16. The summed E-state index contributed by atoms with van der Waals surface area (Å²) in [6.45, 7) is 2.12. The second-order valence-electron chi connectivity index (χ2n) is 8.61. The first-order valence-electron chi connectivity index (χ1n) is 10.9. The molecule has 2 aromatic carbocycles. The van der Waals surface area contributed by atoms with Crippen LogP contribution in [-0.2, 0) is 17.9 Å². The third-order valence-electron chi connectivity index (χ3n) is 6.54. The molecular formula is C24H25N5O4. The van der Waals surface area contributed by atoms with E-state index in [-0.39, 0.29) is 24.4 Å². The van der Waals surface area contributed by atoms with Crippen molar-refractivity contribution in [1.29, 1.82) is 0 Å². The topological polar surface area (TPSA) is 107 Å². The SMILES string of the molecule is CN1CC(=O)N2Cc3c(c4ccccc4n3Cc3ccc(C(=O)NO)cc3)C(CNC1=O)C2. The van der Waals surface area contributed by atoms with E-state index in [0.717, 1.165) is 22.2 Å². The van der Waals surface area contributed by atoms with E-state index in [1.165, 1.54) is 10.5 Å². The summed E-state index contributed by atoms with van der Waals surface area (Å²) < 4.78 is 2.22. The standard InChI is InChI=1S/C24H25N5O4/c1-27-14-21(30)28-12-17(10-25-24(27)32)22-18-4-2-3-5-19(18)29(20(22)13-28)11-15-6-8-16(9-7-15)23(31)26-33/h2-9,17,33H,10-14H2,1H3,(H,25,32)(H,26,31). The van der Waals surface area contributed by atoms with Crippen molar-refractivity contribution in [2.24, 2.45) is 0 Å². The van der Waals surface area contributed by atoms with E-state index in [1.54, 1.807) is 24.7 Å². The quantitative estimate of drug-likeness (QED) is 0.421. The highest BCUT2D eigenvalue weighted by atomic mass is 16.5. The first-order chi connectivity index (χ1) is 16.0. The Morgan fingerprint density at radius 2 is 1.88 bits per heavy atom. The number of hydrogen-bond donors (Lipinski definition) is 3. The molecule has 5 rings (SSSR count). The number of rotatable bonds is 3. The van der Waals surface area contributed by atoms with E-state index < -0.39 is 5.91 Å². The summed E-state index contributed by atoms with van der Waals surface area (Å²) in [5, 5.41) is 13.0. The molecule has 3 aromatic rings. The maximum Gasteiger partial charge on any atom is 0.317 e. The lowest BCUT2D eigenvalue weighted by atomic mass is 9.91. The van der Waals surface area contributed by atoms with Gasteiger partial charge in [0, 0.05) is 54.8 Å². The van der Waals surface area contributed by atoms with Crippen molar-refractivity contribution < 1.29 is 19.6 Å². The molecule has 4 amide bonds. The number of nitrogens with one attached hydrogen (secondary N) is 2. The van der Waals surface area contributed by atoms with Crippen LogP contribution in [0.5, 0.6) is 0 Å². The van der Waals surface area contributed by atoms with Gasteiger partial charge in [0.15, 0.2) is 0 Å². The molecule has 170 valence electrons. The Labute approximate surface area is 190 Å². The second-order valence-corrected chi connectivity index (χ2v) is 8.61. The van der Waals surface area contributed by atoms with Gasteiger partial charge < -0.3 is 19.7 Å². The van der Waals surface area contributed by atoms with Crippen LogP contribution >= 0.6 is 0 Å². The summed E-state index contributed by atoms with van der Waals surface area (Å²) in [6.07, 6.45) is 0. The van der Waals surface area contributed by atoms with Crippen molar-refractivity contribution >= 4 is 28.7 Å². The van der Waals surface area contributed by atoms with Crippen LogP contribution in [0.3, 0.4) is 0 Å². The molecule has 2 aliphatic rings. The van der Waals surface area contributed by atoms with E-state index in [4.69, 9.17) is 5.21 Å². The average molecular weight is 447 g/mol. The zero-order valence-electron chi connectivity index (χ0n) is 18.2. The Bertz CT molecular complexity index is 1250. The molecule has 3 heterocycles. The number of urea groups is 1. The number of benzene rings is 2. The number of para-hydroxylation sites is 1. The van der Waals surface area contributed by atoms with Gasteiger partial charge in [0.05, 0.1) is 6.54 Å². The summed E-state index contributed by atoms with van der Waals surface area (Å²) in [6, 6.07) is 15.0. The molecular weight excluding hydrogens is 422 g/mol. The summed E-state index contributed by atoms with van der Waals surface area (Å²) >= 11 is 0. The Hall–Kier alpha value is -3.85. The fourth-order valence-corrected chi connectivity index (χ4v) is 4.88. The lowest BCUT2D eigenvalue weighted by Gasteiger charge is -2.33. The van der Waals surface area contributed by atoms with Crippen LogP contribution in [0, 0.1) is 0 Å². The van der Waals surface area contributed by atoms with E-state index in [9.17, 15) is 14.4 Å². The van der Waals surface area contributed by atoms with Crippen LogP contribution in [0.25, 0.3) is 10.9 Å². The molecule has 33 heavy (non-hydrogen) atoms. The molecule has 2 aliphatic heterocycles. The molecule has 0 radical (unpaired) electrons. The van der Waals surface area contributed by atoms with Crippen molar-refractivity contribution in [1.82, 2.24) is 25.2 Å². The zero-order chi connectivity index (χ0) is 23.1. The number of fused-ring (bicyclic) bond motifs is 6. The highest BCUT2D eigenvalue weighted by Crippen LogP contribution is 2.37. The summed E-state index contributed by atoms with van der Waals surface area (Å²) in [4.78, 5) is 40.2. The first kappa shape index (κ1) is 21.0. The van der Waals surface area contributed by atoms with Gasteiger partial charge >= 0.3 is 6.03 Å². The molecule has 1 fully saturated rings. The monoisotopic (exact) mass is 447 g/mol. The molecule has 1 atom stereocenters. The Morgan fingerprint density at radius 3 is 2.64 bits per heavy atom. The van der Waals surface area contributed by atoms with E-state index in [2.05, 4.69) is 22.0 Å². The number of carbonyl (C=O) groups excluding carboxylic acids is 3. The van der Waals surface area contributed by atoms with Crippen LogP contribution in [-0.4, -0.2) is 64.1 Å². The molecule has 9 nitrogen and oxygen atoms in total. The minimum Gasteiger partial charge on any atom is -0.338 e. The van der Waals surface area contributed by atoms with Gasteiger partial charge in [-0.05, 0) is 29.3 Å². The maximum atomic E-state index is 12.9. The molecule has 0 spiro atoms. The van der Waals surface area contributed by atoms with Crippen LogP contribution in [0.15, 0.2) is 48.5 Å². The van der Waals surface area contributed by atoms with Crippen molar-refractivity contribution in [2.45, 2.75) is 19.0 Å². The van der Waals surface area contributed by atoms with Gasteiger partial charge in [-0.15, -0.1) is 0 Å². The van der Waals surface area contributed by atoms with Gasteiger partial charge in [-0.25, -0.2) is 10.3 Å². The smallest absolute Gasteiger partial charge is 0.317 e. The van der Waals surface area contributed by atoms with Gasteiger partial charge in [-0.3, -0.25) is 14.8 Å². The number of carbonyl (C=O) groups is 3. The van der Waals surface area contributed by atoms with Gasteiger partial charge in [0.25, 0.3) is 5.91 Å². The summed E-state index contributed by atoms with van der Waals surface area (Å²) in [5.74, 6) is -0.629. The maximum absolute atomic E-state index is 12.9. The largest absolute Gasteiger partial charge is 0.338 e. The van der Waals surface area contributed by atoms with Gasteiger partial charge in [0.1, 0.15) is 6.54 Å². The number of hydrogen-bond acceptors (Lipinski definition) is 4. The number of aromatic nitrogens is 1. The lowest BCUT2D eigenvalue weighted by Crippen LogP contribution is -2.43. The Kier molecular flexibility index (Phi) is 5.26. The summed E-state index contributed by atoms with van der Waals surface area (Å²) in [7, 11) is 1.63. The predicted octanol–water partition coefficient (Wildman–Crippen LogP) is 1.89. The Balaban J connectivity index is 1.58. The number of hydroxylamine groups is 1. The molecule has 2 bridgehead atoms. The normalized spacial score (nSPS) is 18.3. The summed E-state index contributed by atoms with van der Waals surface area (Å²) in [5.41, 5.74) is 6.32. The molecule has 0 saturated carbocycles. The van der Waals surface area contributed by atoms with E-state index in [0.29, 0.717) is 31.7 Å². The minimum atomic E-state index is -0.556. The molecule has 1 aromatic heterocycles. The highest BCUT2D eigenvalue weighted by Gasteiger charge is 2.35. The lowest BCUT2D eigenvalue weighted by molar-refractivity contribution is -0.132. The molecule has 1 saturated heterocycles. The van der Waals surface area contributed by atoms with Crippen LogP contribution in [0.1, 0.15) is 33.1 Å². The third kappa shape index (κ3) is 3.70. The van der Waals surface area contributed by atoms with Crippen LogP contribution in [0.2, 0.25) is 0 Å². The van der Waals surface area contributed by atoms with Crippen molar-refractivity contribution in [3.8, 4) is 0 Å². The minimum absolute atomic E-state index is 0.00470. The fourth-order valence-electron chi connectivity index (χ4n) is 4.88. The number of likely N-dealkylation sites (N-methyl/N-ethyl adjacent to an activating group) is 1. The van der Waals surface area contributed by atoms with Crippen molar-refractivity contribution in [2.75, 3.05) is 26.7 Å². The van der Waals surface area contributed by atoms with E-state index >= 15 is 0 Å². The van der Waals surface area contributed by atoms with E-state index in [1.807, 2.05) is 29.2 Å². The third-order valence-corrected chi connectivity index (χ3v) is 6.54. The highest BCUT2D eigenvalue weighted by molar-refractivity contribution is 5.93. The zero-order valence-corrected chi connectivity index (χ0v) is 18.2. The van der Waals surface area contributed by atoms with Crippen molar-refractivity contribution in [3.05, 3.63) is 70.9 Å². The van der Waals surface area contributed by atoms with Crippen molar-refractivity contribution in [3.63, 3.8) is 0 Å². The molecule has 1 unspecified atom stereocenters. The van der Waals surface area contributed by atoms with Gasteiger partial charge in [-0.2, -0.15) is 0 Å². The number of nitrogens with zero attached hydrogens (tertiary/aromatic N) is 3. The van der Waals surface area contributed by atoms with Gasteiger partial charge in [-0.1, -0.05) is 30.3 Å². The first-order valence-corrected chi connectivity index (χ1v) is 10.9. The second kappa shape index (κ2) is 8.25. The van der Waals surface area contributed by atoms with Gasteiger partial charge in [0.2, 0.25) is 5.91 Å². The van der Waals surface area contributed by atoms with Crippen LogP contribution in [0.4, 0.5) is 4.79 Å². The molecule has 0 aliphatic carbocycles.